The second kappa shape index (κ2) is 9.49. The number of thiazole rings is 1. The van der Waals surface area contributed by atoms with E-state index in [1.54, 1.807) is 16.2 Å². The van der Waals surface area contributed by atoms with Crippen molar-refractivity contribution in [3.05, 3.63) is 41.6 Å². The van der Waals surface area contributed by atoms with Gasteiger partial charge in [-0.3, -0.25) is 0 Å². The molecule has 0 atom stereocenters. The molecule has 0 aliphatic carbocycles. The van der Waals surface area contributed by atoms with Gasteiger partial charge < -0.3 is 20.9 Å². The molecule has 1 aliphatic rings. The number of halogens is 1. The first kappa shape index (κ1) is 21.3. The van der Waals surface area contributed by atoms with Gasteiger partial charge in [0.25, 0.3) is 0 Å². The quantitative estimate of drug-likeness (QED) is 0.469. The molecule has 2 aromatic heterocycles. The van der Waals surface area contributed by atoms with E-state index < -0.39 is 0 Å². The van der Waals surface area contributed by atoms with E-state index in [-0.39, 0.29) is 6.03 Å². The summed E-state index contributed by atoms with van der Waals surface area (Å²) in [5, 5.41) is 10.8. The SMILES string of the molecule is CC(C)Nc1ncc(-c2cc(-c3ccccc3Cl)nc(NCCN3CCNC3=O)n2)s1. The van der Waals surface area contributed by atoms with Crippen LogP contribution in [0.5, 0.6) is 0 Å². The number of hydrogen-bond acceptors (Lipinski definition) is 7. The lowest BCUT2D eigenvalue weighted by atomic mass is 10.1. The zero-order chi connectivity index (χ0) is 21.8. The number of carbonyl (C=O) groups is 1. The van der Waals surface area contributed by atoms with Gasteiger partial charge in [-0.05, 0) is 26.0 Å². The Morgan fingerprint density at radius 1 is 1.26 bits per heavy atom. The van der Waals surface area contributed by atoms with Gasteiger partial charge >= 0.3 is 6.03 Å². The highest BCUT2D eigenvalue weighted by atomic mass is 35.5. The molecule has 4 rings (SSSR count). The summed E-state index contributed by atoms with van der Waals surface area (Å²) in [6.07, 6.45) is 1.81. The molecule has 162 valence electrons. The fourth-order valence-corrected chi connectivity index (χ4v) is 4.35. The Balaban J connectivity index is 1.61. The smallest absolute Gasteiger partial charge is 0.317 e. The number of carbonyl (C=O) groups excluding carboxylic acids is 1. The molecule has 3 aromatic rings. The van der Waals surface area contributed by atoms with Gasteiger partial charge in [0.2, 0.25) is 5.95 Å². The summed E-state index contributed by atoms with van der Waals surface area (Å²) in [5.74, 6) is 0.485. The summed E-state index contributed by atoms with van der Waals surface area (Å²) >= 11 is 7.97. The van der Waals surface area contributed by atoms with Crippen LogP contribution in [-0.4, -0.2) is 58.1 Å². The first-order valence-electron chi connectivity index (χ1n) is 10.1. The second-order valence-corrected chi connectivity index (χ2v) is 8.85. The third-order valence-corrected chi connectivity index (χ3v) is 5.94. The van der Waals surface area contributed by atoms with E-state index in [9.17, 15) is 4.79 Å². The topological polar surface area (TPSA) is 95.1 Å². The Hall–Kier alpha value is -2.91. The van der Waals surface area contributed by atoms with Crippen molar-refractivity contribution in [2.24, 2.45) is 0 Å². The van der Waals surface area contributed by atoms with E-state index >= 15 is 0 Å². The van der Waals surface area contributed by atoms with Gasteiger partial charge in [-0.15, -0.1) is 0 Å². The van der Waals surface area contributed by atoms with Crippen molar-refractivity contribution < 1.29 is 4.79 Å². The van der Waals surface area contributed by atoms with Crippen LogP contribution in [-0.2, 0) is 0 Å². The predicted octanol–water partition coefficient (Wildman–Crippen LogP) is 4.18. The van der Waals surface area contributed by atoms with Crippen molar-refractivity contribution in [1.29, 1.82) is 0 Å². The van der Waals surface area contributed by atoms with Crippen molar-refractivity contribution in [2.45, 2.75) is 19.9 Å². The summed E-state index contributed by atoms with van der Waals surface area (Å²) < 4.78 is 0. The number of aromatic nitrogens is 3. The molecule has 3 N–H and O–H groups in total. The molecule has 0 spiro atoms. The van der Waals surface area contributed by atoms with Crippen molar-refractivity contribution in [1.82, 2.24) is 25.2 Å². The normalized spacial score (nSPS) is 13.5. The average Bonchev–Trinajstić information content (AvgIpc) is 3.37. The van der Waals surface area contributed by atoms with Crippen LogP contribution in [0.2, 0.25) is 5.02 Å². The number of amides is 2. The fraction of sp³-hybridized carbons (Fsp3) is 0.333. The van der Waals surface area contributed by atoms with Crippen LogP contribution in [0.3, 0.4) is 0 Å². The highest BCUT2D eigenvalue weighted by Crippen LogP contribution is 2.33. The van der Waals surface area contributed by atoms with Crippen LogP contribution in [0.15, 0.2) is 36.5 Å². The molecule has 8 nitrogen and oxygen atoms in total. The highest BCUT2D eigenvalue weighted by molar-refractivity contribution is 7.18. The van der Waals surface area contributed by atoms with Gasteiger partial charge in [-0.25, -0.2) is 19.7 Å². The number of nitrogens with zero attached hydrogens (tertiary/aromatic N) is 4. The zero-order valence-corrected chi connectivity index (χ0v) is 18.9. The van der Waals surface area contributed by atoms with E-state index in [1.165, 1.54) is 0 Å². The van der Waals surface area contributed by atoms with Crippen molar-refractivity contribution in [3.63, 3.8) is 0 Å². The van der Waals surface area contributed by atoms with Crippen molar-refractivity contribution in [3.8, 4) is 21.8 Å². The lowest BCUT2D eigenvalue weighted by molar-refractivity contribution is 0.219. The van der Waals surface area contributed by atoms with Crippen LogP contribution < -0.4 is 16.0 Å². The molecule has 0 unspecified atom stereocenters. The van der Waals surface area contributed by atoms with E-state index in [0.29, 0.717) is 43.2 Å². The number of hydrogen-bond donors (Lipinski definition) is 3. The number of benzene rings is 1. The number of nitrogens with one attached hydrogen (secondary N) is 3. The molecule has 1 saturated heterocycles. The molecule has 0 bridgehead atoms. The van der Waals surface area contributed by atoms with Gasteiger partial charge in [-0.2, -0.15) is 0 Å². The van der Waals surface area contributed by atoms with Gasteiger partial charge in [0.15, 0.2) is 5.13 Å². The molecule has 10 heteroatoms. The van der Waals surface area contributed by atoms with Crippen molar-refractivity contribution >= 4 is 40.0 Å². The number of anilines is 2. The average molecular weight is 458 g/mol. The largest absolute Gasteiger partial charge is 0.359 e. The molecular formula is C21H24ClN7OS. The van der Waals surface area contributed by atoms with E-state index in [0.717, 1.165) is 27.0 Å². The summed E-state index contributed by atoms with van der Waals surface area (Å²) in [7, 11) is 0. The summed E-state index contributed by atoms with van der Waals surface area (Å²) in [6.45, 7) is 6.65. The first-order chi connectivity index (χ1) is 15.0. The summed E-state index contributed by atoms with van der Waals surface area (Å²) in [5.41, 5.74) is 2.32. The molecule has 1 aromatic carbocycles. The Bertz CT molecular complexity index is 1070. The third kappa shape index (κ3) is 5.23. The van der Waals surface area contributed by atoms with Crippen LogP contribution in [0.4, 0.5) is 15.9 Å². The van der Waals surface area contributed by atoms with Crippen LogP contribution in [0, 0.1) is 0 Å². The zero-order valence-electron chi connectivity index (χ0n) is 17.4. The maximum absolute atomic E-state index is 11.7. The van der Waals surface area contributed by atoms with E-state index in [1.807, 2.05) is 36.5 Å². The van der Waals surface area contributed by atoms with Gasteiger partial charge in [0, 0.05) is 49.0 Å². The Kier molecular flexibility index (Phi) is 6.53. The van der Waals surface area contributed by atoms with Gasteiger partial charge in [-0.1, -0.05) is 41.1 Å². The van der Waals surface area contributed by atoms with Gasteiger partial charge in [0.1, 0.15) is 0 Å². The Morgan fingerprint density at radius 3 is 2.81 bits per heavy atom. The minimum absolute atomic E-state index is 0.0388. The molecule has 3 heterocycles. The lowest BCUT2D eigenvalue weighted by Gasteiger charge is -2.15. The van der Waals surface area contributed by atoms with E-state index in [4.69, 9.17) is 16.6 Å². The number of urea groups is 1. The first-order valence-corrected chi connectivity index (χ1v) is 11.3. The number of rotatable bonds is 8. The molecule has 0 saturated carbocycles. The Labute approximate surface area is 190 Å². The molecule has 2 amide bonds. The molecule has 31 heavy (non-hydrogen) atoms. The monoisotopic (exact) mass is 457 g/mol. The van der Waals surface area contributed by atoms with Crippen LogP contribution >= 0.6 is 22.9 Å². The summed E-state index contributed by atoms with van der Waals surface area (Å²) in [4.78, 5) is 28.3. The molecule has 1 aliphatic heterocycles. The highest BCUT2D eigenvalue weighted by Gasteiger charge is 2.19. The molecular weight excluding hydrogens is 434 g/mol. The van der Waals surface area contributed by atoms with Gasteiger partial charge in [0.05, 0.1) is 16.3 Å². The van der Waals surface area contributed by atoms with Crippen molar-refractivity contribution in [2.75, 3.05) is 36.8 Å². The fourth-order valence-electron chi connectivity index (χ4n) is 3.19. The molecule has 1 fully saturated rings. The lowest BCUT2D eigenvalue weighted by Crippen LogP contribution is -2.32. The molecule has 0 radical (unpaired) electrons. The minimum atomic E-state index is -0.0388. The standard InChI is InChI=1S/C21H24ClN7OS/c1-13(2)26-20-25-12-18(31-20)17-11-16(14-5-3-4-6-15(14)22)27-19(28-17)23-7-9-29-10-8-24-21(29)30/h3-6,11-13H,7-10H2,1-2H3,(H,24,30)(H,25,26)(H,23,27,28). The minimum Gasteiger partial charge on any atom is -0.359 e. The maximum atomic E-state index is 11.7. The van der Waals surface area contributed by atoms with Crippen LogP contribution in [0.1, 0.15) is 13.8 Å². The second-order valence-electron chi connectivity index (χ2n) is 7.42. The van der Waals surface area contributed by atoms with Crippen LogP contribution in [0.25, 0.3) is 21.8 Å². The van der Waals surface area contributed by atoms with E-state index in [2.05, 4.69) is 39.8 Å². The predicted molar refractivity (Wildman–Crippen MR) is 126 cm³/mol. The third-order valence-electron chi connectivity index (χ3n) is 4.66. The Morgan fingerprint density at radius 2 is 2.06 bits per heavy atom. The summed E-state index contributed by atoms with van der Waals surface area (Å²) in [6, 6.07) is 9.78. The maximum Gasteiger partial charge on any atom is 0.317 e.